The van der Waals surface area contributed by atoms with Gasteiger partial charge in [0.15, 0.2) is 0 Å². The quantitative estimate of drug-likeness (QED) is 0.861. The third-order valence-electron chi connectivity index (χ3n) is 3.41. The first-order valence-electron chi connectivity index (χ1n) is 7.20. The van der Waals surface area contributed by atoms with Crippen LogP contribution in [0.25, 0.3) is 0 Å². The van der Waals surface area contributed by atoms with Crippen molar-refractivity contribution in [3.8, 4) is 0 Å². The van der Waals surface area contributed by atoms with Crippen molar-refractivity contribution in [3.05, 3.63) is 11.9 Å². The molecule has 1 aliphatic rings. The summed E-state index contributed by atoms with van der Waals surface area (Å²) < 4.78 is 24.6. The first kappa shape index (κ1) is 16.0. The number of aryl methyl sites for hydroxylation is 1. The highest BCUT2D eigenvalue weighted by atomic mass is 32.2. The van der Waals surface area contributed by atoms with Gasteiger partial charge in [-0.15, -0.1) is 0 Å². The topological polar surface area (TPSA) is 78.4 Å². The van der Waals surface area contributed by atoms with Crippen molar-refractivity contribution >= 4 is 21.7 Å². The highest BCUT2D eigenvalue weighted by molar-refractivity contribution is 7.88. The molecule has 0 atom stereocenters. The number of hydrogen-bond donors (Lipinski definition) is 1. The summed E-state index contributed by atoms with van der Waals surface area (Å²) in [6, 6.07) is 1.93. The van der Waals surface area contributed by atoms with Crippen molar-refractivity contribution in [3.63, 3.8) is 0 Å². The van der Waals surface area contributed by atoms with Crippen LogP contribution in [0.5, 0.6) is 0 Å². The third-order valence-corrected chi connectivity index (χ3v) is 4.72. The monoisotopic (exact) mass is 313 g/mol. The number of piperazine rings is 1. The average Bonchev–Trinajstić information content (AvgIpc) is 2.44. The minimum atomic E-state index is -3.10. The van der Waals surface area contributed by atoms with E-state index in [9.17, 15) is 8.42 Å². The Morgan fingerprint density at radius 3 is 2.48 bits per heavy atom. The van der Waals surface area contributed by atoms with Gasteiger partial charge in [0.25, 0.3) is 0 Å². The van der Waals surface area contributed by atoms with E-state index in [2.05, 4.69) is 27.1 Å². The lowest BCUT2D eigenvalue weighted by atomic mass is 10.3. The van der Waals surface area contributed by atoms with Crippen LogP contribution in [0.1, 0.15) is 19.2 Å². The van der Waals surface area contributed by atoms with Crippen LogP contribution in [0, 0.1) is 6.92 Å². The van der Waals surface area contributed by atoms with E-state index in [4.69, 9.17) is 0 Å². The van der Waals surface area contributed by atoms with Crippen molar-refractivity contribution in [2.45, 2.75) is 20.3 Å². The lowest BCUT2D eigenvalue weighted by Gasteiger charge is -2.34. The van der Waals surface area contributed by atoms with Crippen LogP contribution in [0.15, 0.2) is 6.07 Å². The number of aromatic nitrogens is 2. The smallest absolute Gasteiger partial charge is 0.211 e. The number of nitrogens with zero attached hydrogens (tertiary/aromatic N) is 4. The van der Waals surface area contributed by atoms with E-state index >= 15 is 0 Å². The highest BCUT2D eigenvalue weighted by Crippen LogP contribution is 2.18. The molecule has 118 valence electrons. The molecule has 0 spiro atoms. The lowest BCUT2D eigenvalue weighted by Crippen LogP contribution is -2.48. The molecule has 2 rings (SSSR count). The fourth-order valence-electron chi connectivity index (χ4n) is 2.31. The number of nitrogens with one attached hydrogen (secondary N) is 1. The summed E-state index contributed by atoms with van der Waals surface area (Å²) in [5.41, 5.74) is 0. The standard InChI is InChI=1S/C13H23N5O2S/c1-4-5-14-12-10-13(16-11(2)15-12)17-6-8-18(9-7-17)21(3,19)20/h10H,4-9H2,1-3H3,(H,14,15,16). The number of rotatable bonds is 5. The largest absolute Gasteiger partial charge is 0.370 e. The van der Waals surface area contributed by atoms with E-state index in [1.807, 2.05) is 13.0 Å². The van der Waals surface area contributed by atoms with E-state index in [0.29, 0.717) is 26.2 Å². The summed E-state index contributed by atoms with van der Waals surface area (Å²) in [5, 5.41) is 3.26. The van der Waals surface area contributed by atoms with Crippen LogP contribution in [0.3, 0.4) is 0 Å². The van der Waals surface area contributed by atoms with Crippen molar-refractivity contribution in [2.75, 3.05) is 49.2 Å². The minimum Gasteiger partial charge on any atom is -0.370 e. The van der Waals surface area contributed by atoms with Gasteiger partial charge in [-0.2, -0.15) is 4.31 Å². The lowest BCUT2D eigenvalue weighted by molar-refractivity contribution is 0.387. The SMILES string of the molecule is CCCNc1cc(N2CCN(S(C)(=O)=O)CC2)nc(C)n1. The molecule has 21 heavy (non-hydrogen) atoms. The van der Waals surface area contributed by atoms with Crippen molar-refractivity contribution in [1.29, 1.82) is 0 Å². The Labute approximate surface area is 126 Å². The molecule has 7 nitrogen and oxygen atoms in total. The van der Waals surface area contributed by atoms with Gasteiger partial charge in [-0.25, -0.2) is 18.4 Å². The van der Waals surface area contributed by atoms with Gasteiger partial charge >= 0.3 is 0 Å². The molecule has 2 heterocycles. The molecular formula is C13H23N5O2S. The van der Waals surface area contributed by atoms with Crippen molar-refractivity contribution < 1.29 is 8.42 Å². The van der Waals surface area contributed by atoms with Crippen molar-refractivity contribution in [1.82, 2.24) is 14.3 Å². The maximum Gasteiger partial charge on any atom is 0.211 e. The van der Waals surface area contributed by atoms with Crippen LogP contribution in [0.2, 0.25) is 0 Å². The number of anilines is 2. The fraction of sp³-hybridized carbons (Fsp3) is 0.692. The molecule has 0 unspecified atom stereocenters. The van der Waals surface area contributed by atoms with Gasteiger partial charge in [-0.05, 0) is 13.3 Å². The summed E-state index contributed by atoms with van der Waals surface area (Å²) >= 11 is 0. The Hall–Kier alpha value is -1.41. The molecule has 0 amide bonds. The second kappa shape index (κ2) is 6.57. The van der Waals surface area contributed by atoms with E-state index in [1.54, 1.807) is 0 Å². The molecule has 0 aliphatic carbocycles. The van der Waals surface area contributed by atoms with Gasteiger partial charge in [-0.1, -0.05) is 6.92 Å². The average molecular weight is 313 g/mol. The van der Waals surface area contributed by atoms with Crippen LogP contribution in [-0.2, 0) is 10.0 Å². The first-order chi connectivity index (χ1) is 9.90. The summed E-state index contributed by atoms with van der Waals surface area (Å²) in [5.74, 6) is 2.40. The zero-order chi connectivity index (χ0) is 15.5. The highest BCUT2D eigenvalue weighted by Gasteiger charge is 2.24. The molecule has 1 aromatic rings. The van der Waals surface area contributed by atoms with Gasteiger partial charge < -0.3 is 10.2 Å². The molecule has 1 aromatic heterocycles. The van der Waals surface area contributed by atoms with Crippen LogP contribution in [0.4, 0.5) is 11.6 Å². The van der Waals surface area contributed by atoms with E-state index in [0.717, 1.165) is 30.4 Å². The molecule has 1 fully saturated rings. The second-order valence-corrected chi connectivity index (χ2v) is 7.22. The van der Waals surface area contributed by atoms with Gasteiger partial charge in [0, 0.05) is 38.8 Å². The predicted octanol–water partition coefficient (Wildman–Crippen LogP) is 0.689. The summed E-state index contributed by atoms with van der Waals surface area (Å²) in [6.45, 7) is 7.14. The van der Waals surface area contributed by atoms with Gasteiger partial charge in [0.05, 0.1) is 6.26 Å². The molecule has 0 bridgehead atoms. The van der Waals surface area contributed by atoms with Crippen LogP contribution < -0.4 is 10.2 Å². The third kappa shape index (κ3) is 4.28. The molecule has 1 aliphatic heterocycles. The first-order valence-corrected chi connectivity index (χ1v) is 9.04. The zero-order valence-corrected chi connectivity index (χ0v) is 13.7. The van der Waals surface area contributed by atoms with Gasteiger partial charge in [0.2, 0.25) is 10.0 Å². The van der Waals surface area contributed by atoms with E-state index < -0.39 is 10.0 Å². The second-order valence-electron chi connectivity index (χ2n) is 5.23. The Bertz CT molecular complexity index is 582. The Balaban J connectivity index is 2.07. The van der Waals surface area contributed by atoms with Gasteiger partial charge in [0.1, 0.15) is 17.5 Å². The van der Waals surface area contributed by atoms with Crippen molar-refractivity contribution in [2.24, 2.45) is 0 Å². The molecule has 1 N–H and O–H groups in total. The molecular weight excluding hydrogens is 290 g/mol. The number of sulfonamides is 1. The predicted molar refractivity (Wildman–Crippen MR) is 84.2 cm³/mol. The normalized spacial score (nSPS) is 17.0. The maximum absolute atomic E-state index is 11.5. The summed E-state index contributed by atoms with van der Waals surface area (Å²) in [4.78, 5) is 10.9. The van der Waals surface area contributed by atoms with Crippen LogP contribution in [-0.4, -0.2) is 61.7 Å². The molecule has 0 radical (unpaired) electrons. The number of hydrogen-bond acceptors (Lipinski definition) is 6. The Kier molecular flexibility index (Phi) is 5.00. The molecule has 1 saturated heterocycles. The van der Waals surface area contributed by atoms with E-state index in [1.165, 1.54) is 10.6 Å². The Morgan fingerprint density at radius 2 is 1.90 bits per heavy atom. The summed E-state index contributed by atoms with van der Waals surface area (Å²) in [6.07, 6.45) is 2.29. The molecule has 0 aromatic carbocycles. The van der Waals surface area contributed by atoms with Crippen LogP contribution >= 0.6 is 0 Å². The van der Waals surface area contributed by atoms with Gasteiger partial charge in [-0.3, -0.25) is 0 Å². The molecule has 0 saturated carbocycles. The minimum absolute atomic E-state index is 0.500. The Morgan fingerprint density at radius 1 is 1.24 bits per heavy atom. The molecule has 8 heteroatoms. The van der Waals surface area contributed by atoms with E-state index in [-0.39, 0.29) is 0 Å². The maximum atomic E-state index is 11.5. The summed E-state index contributed by atoms with van der Waals surface area (Å²) in [7, 11) is -3.10. The zero-order valence-electron chi connectivity index (χ0n) is 12.8. The fourth-order valence-corrected chi connectivity index (χ4v) is 3.13.